The van der Waals surface area contributed by atoms with Crippen LogP contribution in [0.25, 0.3) is 49.5 Å². The number of nitrogens with zero attached hydrogens (tertiary/aromatic N) is 1. The van der Waals surface area contributed by atoms with Crippen LogP contribution in [0.4, 0.5) is 17.1 Å². The molecule has 3 aromatic carbocycles. The molecule has 0 saturated heterocycles. The predicted molar refractivity (Wildman–Crippen MR) is 251 cm³/mol. The fourth-order valence-corrected chi connectivity index (χ4v) is 11.6. The molecule has 8 rings (SSSR count). The Labute approximate surface area is 357 Å². The van der Waals surface area contributed by atoms with Crippen LogP contribution in [0.15, 0.2) is 146 Å². The third-order valence-electron chi connectivity index (χ3n) is 8.94. The largest absolute Gasteiger partial charge is 0.379 e. The quantitative estimate of drug-likeness (QED) is 0.0805. The number of para-hydroxylation sites is 2. The molecule has 4 nitrogen and oxygen atoms in total. The maximum Gasteiger partial charge on any atom is 0.0701 e. The molecule has 292 valence electrons. The molecule has 0 radical (unpaired) electrons. The number of hydrogen-bond acceptors (Lipinski definition) is 9. The third kappa shape index (κ3) is 10.7. The van der Waals surface area contributed by atoms with Gasteiger partial charge in [-0.05, 0) is 110 Å². The first-order chi connectivity index (χ1) is 28.2. The summed E-state index contributed by atoms with van der Waals surface area (Å²) in [5.74, 6) is 0. The van der Waals surface area contributed by atoms with Gasteiger partial charge in [0, 0.05) is 78.9 Å². The highest BCUT2D eigenvalue weighted by Gasteiger charge is 2.15. The number of rotatable bonds is 18. The van der Waals surface area contributed by atoms with Crippen molar-refractivity contribution >= 4 is 73.7 Å². The second kappa shape index (κ2) is 21.0. The van der Waals surface area contributed by atoms with E-state index in [0.29, 0.717) is 33.0 Å². The lowest BCUT2D eigenvalue weighted by atomic mass is 10.1. The Balaban J connectivity index is 0.00000244. The van der Waals surface area contributed by atoms with Gasteiger partial charge >= 0.3 is 0 Å². The predicted octanol–water partition coefficient (Wildman–Crippen LogP) is 15.4. The summed E-state index contributed by atoms with van der Waals surface area (Å²) in [6, 6.07) is 52.7. The first-order valence-electron chi connectivity index (χ1n) is 19.5. The monoisotopic (exact) mass is 845 g/mol. The van der Waals surface area contributed by atoms with Crippen LogP contribution < -0.4 is 4.90 Å². The van der Waals surface area contributed by atoms with Gasteiger partial charge in [-0.1, -0.05) is 62.4 Å². The Bertz CT molecular complexity index is 2330. The van der Waals surface area contributed by atoms with E-state index in [-0.39, 0.29) is 0 Å². The molecular weight excluding hydrogens is 799 g/mol. The molecule has 0 N–H and O–H groups in total. The summed E-state index contributed by atoms with van der Waals surface area (Å²) in [7, 11) is 0. The topological polar surface area (TPSA) is 30.9 Å². The van der Waals surface area contributed by atoms with Crippen LogP contribution in [0.5, 0.6) is 0 Å². The van der Waals surface area contributed by atoms with Gasteiger partial charge in [-0.25, -0.2) is 0 Å². The smallest absolute Gasteiger partial charge is 0.0701 e. The molecule has 0 amide bonds. The van der Waals surface area contributed by atoms with Crippen molar-refractivity contribution in [2.75, 3.05) is 44.5 Å². The fourth-order valence-electron chi connectivity index (χ4n) is 6.21. The van der Waals surface area contributed by atoms with Gasteiger partial charge in [-0.15, -0.1) is 56.7 Å². The molecule has 0 saturated carbocycles. The number of ether oxygens (including phenoxy) is 3. The van der Waals surface area contributed by atoms with Gasteiger partial charge < -0.3 is 19.1 Å². The van der Waals surface area contributed by atoms with Crippen molar-refractivity contribution in [1.29, 1.82) is 0 Å². The van der Waals surface area contributed by atoms with Crippen molar-refractivity contribution in [3.05, 3.63) is 150 Å². The molecule has 0 unspecified atom stereocenters. The van der Waals surface area contributed by atoms with E-state index < -0.39 is 0 Å². The minimum Gasteiger partial charge on any atom is -0.379 e. The summed E-state index contributed by atoms with van der Waals surface area (Å²) in [5.41, 5.74) is 4.65. The van der Waals surface area contributed by atoms with Crippen molar-refractivity contribution in [1.82, 2.24) is 0 Å². The van der Waals surface area contributed by atoms with Gasteiger partial charge in [0.25, 0.3) is 0 Å². The highest BCUT2D eigenvalue weighted by atomic mass is 32.1. The van der Waals surface area contributed by atoms with Crippen molar-refractivity contribution in [3.8, 4) is 49.5 Å². The van der Waals surface area contributed by atoms with E-state index >= 15 is 0 Å². The van der Waals surface area contributed by atoms with E-state index in [9.17, 15) is 0 Å². The van der Waals surface area contributed by atoms with Crippen LogP contribution in [0.2, 0.25) is 0 Å². The van der Waals surface area contributed by atoms with Crippen LogP contribution in [0.3, 0.4) is 0 Å². The zero-order valence-electron chi connectivity index (χ0n) is 32.5. The molecule has 0 aliphatic carbocycles. The fraction of sp³-hybridized carbons (Fsp3) is 0.208. The summed E-state index contributed by atoms with van der Waals surface area (Å²) in [6.45, 7) is 9.91. The first kappa shape index (κ1) is 41.0. The maximum absolute atomic E-state index is 5.78. The molecule has 8 aromatic rings. The second-order valence-corrected chi connectivity index (χ2v) is 18.2. The average molecular weight is 846 g/mol. The Kier molecular flexibility index (Phi) is 15.1. The van der Waals surface area contributed by atoms with Gasteiger partial charge in [-0.3, -0.25) is 0 Å². The Morgan fingerprint density at radius 2 is 0.737 bits per heavy atom. The number of hydrogen-bond donors (Lipinski definition) is 0. The standard InChI is InChI=1S/C46H41NO3S5.C2H6/c1-2-48-29-30-50-32-31-49-28-27-37-17-18-39(51-37)40-21-22-43(53-40)44-25-26-46(55-44)45-24-23-42(54-45)41-20-19-38(52-41)33-13-15-36(16-14-33)47(34-9-5-3-6-10-34)35-11-7-4-8-12-35;1-2/h3-26H,2,27-32H2,1H3;1-2H3. The Hall–Kier alpha value is -4.16. The molecule has 0 aliphatic heterocycles. The molecule has 0 fully saturated rings. The van der Waals surface area contributed by atoms with Crippen LogP contribution in [0.1, 0.15) is 25.6 Å². The van der Waals surface area contributed by atoms with Crippen molar-refractivity contribution in [2.45, 2.75) is 27.2 Å². The lowest BCUT2D eigenvalue weighted by Crippen LogP contribution is -2.10. The Morgan fingerprint density at radius 1 is 0.368 bits per heavy atom. The SMILES string of the molecule is CC.CCOCCOCCOCCc1ccc(-c2ccc(-c3ccc(-c4ccc(-c5ccc(-c6ccc(N(c7ccccc7)c7ccccc7)cc6)s5)s4)s3)s2)s1. The summed E-state index contributed by atoms with van der Waals surface area (Å²) in [4.78, 5) is 15.4. The highest BCUT2D eigenvalue weighted by molar-refractivity contribution is 7.30. The maximum atomic E-state index is 5.78. The summed E-state index contributed by atoms with van der Waals surface area (Å²) in [5, 5.41) is 0. The Morgan fingerprint density at radius 3 is 1.21 bits per heavy atom. The highest BCUT2D eigenvalue weighted by Crippen LogP contribution is 2.46. The van der Waals surface area contributed by atoms with Crippen molar-refractivity contribution in [3.63, 3.8) is 0 Å². The normalized spacial score (nSPS) is 11.1. The molecule has 0 bridgehead atoms. The molecular formula is C48H47NO3S5. The molecule has 5 heterocycles. The number of benzene rings is 3. The molecule has 0 atom stereocenters. The summed E-state index contributed by atoms with van der Waals surface area (Å²) in [6.07, 6.45) is 0.919. The van der Waals surface area contributed by atoms with Crippen LogP contribution in [-0.4, -0.2) is 39.6 Å². The minimum atomic E-state index is 0.607. The molecule has 9 heteroatoms. The van der Waals surface area contributed by atoms with E-state index in [0.717, 1.165) is 30.1 Å². The van der Waals surface area contributed by atoms with Gasteiger partial charge in [0.2, 0.25) is 0 Å². The van der Waals surface area contributed by atoms with E-state index in [2.05, 4.69) is 150 Å². The first-order valence-corrected chi connectivity index (χ1v) is 23.5. The van der Waals surface area contributed by atoms with Gasteiger partial charge in [0.15, 0.2) is 0 Å². The number of anilines is 3. The molecule has 0 aliphatic rings. The van der Waals surface area contributed by atoms with Crippen molar-refractivity contribution < 1.29 is 14.2 Å². The van der Waals surface area contributed by atoms with E-state index in [1.165, 1.54) is 54.3 Å². The van der Waals surface area contributed by atoms with Gasteiger partial charge in [0.1, 0.15) is 0 Å². The molecule has 57 heavy (non-hydrogen) atoms. The van der Waals surface area contributed by atoms with E-state index in [1.807, 2.05) is 77.5 Å². The minimum absolute atomic E-state index is 0.607. The zero-order valence-corrected chi connectivity index (χ0v) is 36.6. The van der Waals surface area contributed by atoms with E-state index in [1.54, 1.807) is 0 Å². The molecule has 5 aromatic heterocycles. The second-order valence-electron chi connectivity index (χ2n) is 12.6. The van der Waals surface area contributed by atoms with Gasteiger partial charge in [-0.2, -0.15) is 0 Å². The van der Waals surface area contributed by atoms with Crippen LogP contribution in [-0.2, 0) is 20.6 Å². The third-order valence-corrected chi connectivity index (χ3v) is 15.3. The van der Waals surface area contributed by atoms with Crippen LogP contribution >= 0.6 is 56.7 Å². The lowest BCUT2D eigenvalue weighted by Gasteiger charge is -2.25. The lowest BCUT2D eigenvalue weighted by molar-refractivity contribution is 0.0176. The summed E-state index contributed by atoms with van der Waals surface area (Å²) < 4.78 is 16.6. The van der Waals surface area contributed by atoms with Crippen LogP contribution in [0, 0.1) is 0 Å². The van der Waals surface area contributed by atoms with Crippen molar-refractivity contribution in [2.24, 2.45) is 0 Å². The molecule has 0 spiro atoms. The zero-order chi connectivity index (χ0) is 39.2. The average Bonchev–Trinajstić information content (AvgIpc) is 4.12. The van der Waals surface area contributed by atoms with E-state index in [4.69, 9.17) is 14.2 Å². The summed E-state index contributed by atoms with van der Waals surface area (Å²) >= 11 is 9.34. The number of thiophene rings is 5. The van der Waals surface area contributed by atoms with Gasteiger partial charge in [0.05, 0.1) is 33.0 Å².